The first kappa shape index (κ1) is 18.8. The lowest BCUT2D eigenvalue weighted by atomic mass is 9.97. The smallest absolute Gasteiger partial charge is 0.263 e. The molecule has 28 heavy (non-hydrogen) atoms. The zero-order valence-electron chi connectivity index (χ0n) is 15.3. The molecule has 1 fully saturated rings. The molecule has 5 nitrogen and oxygen atoms in total. The highest BCUT2D eigenvalue weighted by molar-refractivity contribution is 7.13. The average Bonchev–Trinajstić information content (AvgIpc) is 3.44. The zero-order valence-corrected chi connectivity index (χ0v) is 17.0. The Morgan fingerprint density at radius 3 is 2.79 bits per heavy atom. The van der Waals surface area contributed by atoms with Crippen LogP contribution in [0.25, 0.3) is 10.6 Å². The van der Waals surface area contributed by atoms with Gasteiger partial charge in [-0.25, -0.2) is 4.98 Å². The summed E-state index contributed by atoms with van der Waals surface area (Å²) < 4.78 is 0. The predicted molar refractivity (Wildman–Crippen MR) is 112 cm³/mol. The van der Waals surface area contributed by atoms with Gasteiger partial charge in [-0.05, 0) is 24.3 Å². The molecular formula is C21H21N3O2S2. The highest BCUT2D eigenvalue weighted by atomic mass is 32.1. The van der Waals surface area contributed by atoms with Crippen molar-refractivity contribution in [2.45, 2.75) is 19.4 Å². The molecule has 2 amide bonds. The summed E-state index contributed by atoms with van der Waals surface area (Å²) in [6.45, 7) is 1.61. The van der Waals surface area contributed by atoms with Gasteiger partial charge >= 0.3 is 0 Å². The normalized spacial score (nSPS) is 16.7. The standard InChI is InChI=1S/C21H21N3O2S2/c25-19(16-8-4-10-24(13-16)21(26)18-9-5-11-27-18)22-12-17-14-28-20(23-17)15-6-2-1-3-7-15/h1-3,5-7,9,11,14,16H,4,8,10,12-13H2,(H,22,25). The lowest BCUT2D eigenvalue weighted by molar-refractivity contribution is -0.126. The molecule has 1 saturated heterocycles. The molecule has 2 aromatic heterocycles. The van der Waals surface area contributed by atoms with E-state index in [0.29, 0.717) is 19.6 Å². The highest BCUT2D eigenvalue weighted by Gasteiger charge is 2.29. The number of hydrogen-bond acceptors (Lipinski definition) is 5. The van der Waals surface area contributed by atoms with Gasteiger partial charge in [-0.1, -0.05) is 36.4 Å². The number of thiophene rings is 1. The maximum atomic E-state index is 12.6. The molecule has 144 valence electrons. The fraction of sp³-hybridized carbons (Fsp3) is 0.286. The Kier molecular flexibility index (Phi) is 5.83. The van der Waals surface area contributed by atoms with Crippen molar-refractivity contribution in [3.8, 4) is 10.6 Å². The molecule has 1 N–H and O–H groups in total. The fourth-order valence-corrected chi connectivity index (χ4v) is 4.87. The van der Waals surface area contributed by atoms with Crippen molar-refractivity contribution in [2.75, 3.05) is 13.1 Å². The van der Waals surface area contributed by atoms with Crippen LogP contribution in [0.1, 0.15) is 28.2 Å². The molecule has 3 heterocycles. The van der Waals surface area contributed by atoms with Gasteiger partial charge in [0.25, 0.3) is 5.91 Å². The first-order valence-electron chi connectivity index (χ1n) is 9.31. The van der Waals surface area contributed by atoms with E-state index in [-0.39, 0.29) is 17.7 Å². The van der Waals surface area contributed by atoms with Gasteiger partial charge in [0.1, 0.15) is 5.01 Å². The number of aromatic nitrogens is 1. The molecule has 1 aliphatic rings. The molecule has 0 saturated carbocycles. The maximum absolute atomic E-state index is 12.6. The third-order valence-electron chi connectivity index (χ3n) is 4.83. The van der Waals surface area contributed by atoms with Crippen molar-refractivity contribution in [1.29, 1.82) is 0 Å². The summed E-state index contributed by atoms with van der Waals surface area (Å²) in [6.07, 6.45) is 1.66. The van der Waals surface area contributed by atoms with Crippen LogP contribution in [0.5, 0.6) is 0 Å². The van der Waals surface area contributed by atoms with Gasteiger partial charge in [0.15, 0.2) is 0 Å². The minimum absolute atomic E-state index is 0.00191. The van der Waals surface area contributed by atoms with Gasteiger partial charge in [-0.3, -0.25) is 9.59 Å². The lowest BCUT2D eigenvalue weighted by Crippen LogP contribution is -2.45. The van der Waals surface area contributed by atoms with Gasteiger partial charge in [-0.15, -0.1) is 22.7 Å². The summed E-state index contributed by atoms with van der Waals surface area (Å²) in [7, 11) is 0. The van der Waals surface area contributed by atoms with E-state index in [0.717, 1.165) is 34.0 Å². The molecule has 4 rings (SSSR count). The van der Waals surface area contributed by atoms with Crippen molar-refractivity contribution < 1.29 is 9.59 Å². The van der Waals surface area contributed by atoms with Gasteiger partial charge in [0.05, 0.1) is 23.0 Å². The van der Waals surface area contributed by atoms with E-state index in [1.54, 1.807) is 16.2 Å². The fourth-order valence-electron chi connectivity index (χ4n) is 3.36. The Morgan fingerprint density at radius 2 is 2.00 bits per heavy atom. The van der Waals surface area contributed by atoms with Crippen LogP contribution in [0.15, 0.2) is 53.2 Å². The van der Waals surface area contributed by atoms with Crippen LogP contribution in [0.4, 0.5) is 0 Å². The molecule has 7 heteroatoms. The van der Waals surface area contributed by atoms with Crippen LogP contribution in [0.3, 0.4) is 0 Å². The number of amides is 2. The van der Waals surface area contributed by atoms with Crippen molar-refractivity contribution >= 4 is 34.5 Å². The average molecular weight is 412 g/mol. The molecule has 1 unspecified atom stereocenters. The van der Waals surface area contributed by atoms with Crippen molar-refractivity contribution in [2.24, 2.45) is 5.92 Å². The number of piperidine rings is 1. The summed E-state index contributed by atoms with van der Waals surface area (Å²) in [4.78, 5) is 32.3. The highest BCUT2D eigenvalue weighted by Crippen LogP contribution is 2.24. The quantitative estimate of drug-likeness (QED) is 0.689. The van der Waals surface area contributed by atoms with E-state index in [9.17, 15) is 9.59 Å². The van der Waals surface area contributed by atoms with Crippen LogP contribution in [-0.2, 0) is 11.3 Å². The van der Waals surface area contributed by atoms with E-state index >= 15 is 0 Å². The van der Waals surface area contributed by atoms with Gasteiger partial charge in [0.2, 0.25) is 5.91 Å². The SMILES string of the molecule is O=C(NCc1csc(-c2ccccc2)n1)C1CCCN(C(=O)c2cccs2)C1. The van der Waals surface area contributed by atoms with Crippen molar-refractivity contribution in [1.82, 2.24) is 15.2 Å². The molecule has 1 aromatic carbocycles. The second-order valence-electron chi connectivity index (χ2n) is 6.80. The molecule has 1 aliphatic heterocycles. The van der Waals surface area contributed by atoms with E-state index in [1.165, 1.54) is 11.3 Å². The van der Waals surface area contributed by atoms with E-state index in [1.807, 2.05) is 53.2 Å². The third kappa shape index (κ3) is 4.31. The number of hydrogen-bond donors (Lipinski definition) is 1. The third-order valence-corrected chi connectivity index (χ3v) is 6.63. The molecule has 0 spiro atoms. The first-order valence-corrected chi connectivity index (χ1v) is 11.1. The Bertz CT molecular complexity index is 938. The van der Waals surface area contributed by atoms with Gasteiger partial charge < -0.3 is 10.2 Å². The second-order valence-corrected chi connectivity index (χ2v) is 8.60. The monoisotopic (exact) mass is 411 g/mol. The molecule has 0 aliphatic carbocycles. The Labute approximate surface area is 172 Å². The van der Waals surface area contributed by atoms with E-state index < -0.39 is 0 Å². The van der Waals surface area contributed by atoms with Gasteiger partial charge in [0, 0.05) is 24.0 Å². The van der Waals surface area contributed by atoms with E-state index in [4.69, 9.17) is 0 Å². The van der Waals surface area contributed by atoms with Crippen LogP contribution in [-0.4, -0.2) is 34.8 Å². The van der Waals surface area contributed by atoms with Crippen LogP contribution in [0, 0.1) is 5.92 Å². The minimum Gasteiger partial charge on any atom is -0.350 e. The number of nitrogens with one attached hydrogen (secondary N) is 1. The summed E-state index contributed by atoms with van der Waals surface area (Å²) >= 11 is 3.02. The largest absolute Gasteiger partial charge is 0.350 e. The molecule has 3 aromatic rings. The molecular weight excluding hydrogens is 390 g/mol. The first-order chi connectivity index (χ1) is 13.7. The number of carbonyl (C=O) groups is 2. The Hall–Kier alpha value is -2.51. The van der Waals surface area contributed by atoms with Crippen LogP contribution < -0.4 is 5.32 Å². The summed E-state index contributed by atoms with van der Waals surface area (Å²) in [6, 6.07) is 13.7. The lowest BCUT2D eigenvalue weighted by Gasteiger charge is -2.31. The number of thiazole rings is 1. The summed E-state index contributed by atoms with van der Waals surface area (Å²) in [5, 5.41) is 7.84. The van der Waals surface area contributed by atoms with Gasteiger partial charge in [-0.2, -0.15) is 0 Å². The predicted octanol–water partition coefficient (Wildman–Crippen LogP) is 4.04. The maximum Gasteiger partial charge on any atom is 0.263 e. The number of nitrogens with zero attached hydrogens (tertiary/aromatic N) is 2. The van der Waals surface area contributed by atoms with Crippen molar-refractivity contribution in [3.63, 3.8) is 0 Å². The summed E-state index contributed by atoms with van der Waals surface area (Å²) in [5.74, 6) is -0.137. The zero-order chi connectivity index (χ0) is 19.3. The van der Waals surface area contributed by atoms with Crippen molar-refractivity contribution in [3.05, 3.63) is 63.8 Å². The topological polar surface area (TPSA) is 62.3 Å². The number of rotatable bonds is 5. The van der Waals surface area contributed by atoms with Crippen LogP contribution >= 0.6 is 22.7 Å². The van der Waals surface area contributed by atoms with Crippen LogP contribution in [0.2, 0.25) is 0 Å². The Balaban J connectivity index is 1.32. The second kappa shape index (κ2) is 8.67. The van der Waals surface area contributed by atoms with E-state index in [2.05, 4.69) is 10.3 Å². The number of likely N-dealkylation sites (tertiary alicyclic amines) is 1. The number of carbonyl (C=O) groups excluding carboxylic acids is 2. The number of benzene rings is 1. The minimum atomic E-state index is -0.162. The molecule has 0 radical (unpaired) electrons. The Morgan fingerprint density at radius 1 is 1.14 bits per heavy atom. The molecule has 0 bridgehead atoms. The summed E-state index contributed by atoms with van der Waals surface area (Å²) in [5.41, 5.74) is 1.94. The molecule has 1 atom stereocenters.